The number of carbonyl (C=O) groups excluding carboxylic acids is 2. The number of nitrogens with one attached hydrogen (secondary N) is 1. The topological polar surface area (TPSA) is 95.7 Å². The Morgan fingerprint density at radius 2 is 1.71 bits per heavy atom. The van der Waals surface area contributed by atoms with Gasteiger partial charge in [-0.3, -0.25) is 9.59 Å². The summed E-state index contributed by atoms with van der Waals surface area (Å²) in [5.41, 5.74) is 4.61. The third-order valence-electron chi connectivity index (χ3n) is 7.92. The van der Waals surface area contributed by atoms with Crippen molar-refractivity contribution in [3.63, 3.8) is 0 Å². The average Bonchev–Trinajstić information content (AvgIpc) is 2.94. The van der Waals surface area contributed by atoms with E-state index in [1.165, 1.54) is 0 Å². The first-order valence-corrected chi connectivity index (χ1v) is 15.2. The molecule has 0 heterocycles. The number of halogens is 6. The fourth-order valence-electron chi connectivity index (χ4n) is 5.94. The van der Waals surface area contributed by atoms with Crippen LogP contribution in [0, 0.1) is 23.0 Å². The number of alkyl halides is 3. The maximum atomic E-state index is 14.2. The number of amides is 2. The molecule has 2 aromatic rings. The number of primary amides is 1. The van der Waals surface area contributed by atoms with Crippen LogP contribution in [-0.2, 0) is 28.7 Å². The predicted molar refractivity (Wildman–Crippen MR) is 163 cm³/mol. The molecule has 0 spiro atoms. The summed E-state index contributed by atoms with van der Waals surface area (Å²) >= 11 is 6.13. The number of rotatable bonds is 14. The van der Waals surface area contributed by atoms with Gasteiger partial charge in [0.05, 0.1) is 17.1 Å². The molecule has 0 bridgehead atoms. The van der Waals surface area contributed by atoms with Crippen LogP contribution in [0.2, 0.25) is 5.02 Å². The van der Waals surface area contributed by atoms with Gasteiger partial charge in [-0.2, -0.15) is 13.2 Å². The number of nitrogens with zero attached hydrogens (tertiary/aromatic N) is 1. The minimum Gasteiger partial charge on any atom is -0.391 e. The molecule has 1 unspecified atom stereocenters. The zero-order chi connectivity index (χ0) is 33.5. The van der Waals surface area contributed by atoms with E-state index >= 15 is 0 Å². The molecule has 1 aliphatic rings. The van der Waals surface area contributed by atoms with Crippen LogP contribution in [0.15, 0.2) is 59.7 Å². The molecule has 1 aliphatic carbocycles. The Labute approximate surface area is 265 Å². The van der Waals surface area contributed by atoms with Crippen LogP contribution in [-0.4, -0.2) is 47.6 Å². The summed E-state index contributed by atoms with van der Waals surface area (Å²) in [5, 5.41) is 14.5. The van der Waals surface area contributed by atoms with Crippen LogP contribution >= 0.6 is 11.6 Å². The summed E-state index contributed by atoms with van der Waals surface area (Å²) in [6, 6.07) is 5.74. The van der Waals surface area contributed by atoms with Crippen LogP contribution in [0.1, 0.15) is 56.7 Å². The third-order valence-corrected chi connectivity index (χ3v) is 8.29. The fraction of sp³-hybridized carbons (Fsp3) is 0.455. The van der Waals surface area contributed by atoms with Crippen molar-refractivity contribution in [2.75, 3.05) is 19.6 Å². The number of carbonyl (C=O) groups is 2. The van der Waals surface area contributed by atoms with Gasteiger partial charge >= 0.3 is 6.18 Å². The minimum atomic E-state index is -4.59. The van der Waals surface area contributed by atoms with Crippen molar-refractivity contribution in [1.29, 1.82) is 0 Å². The van der Waals surface area contributed by atoms with Crippen molar-refractivity contribution in [1.82, 2.24) is 10.2 Å². The van der Waals surface area contributed by atoms with Crippen molar-refractivity contribution >= 4 is 23.4 Å². The fourth-order valence-corrected chi connectivity index (χ4v) is 6.13. The predicted octanol–water partition coefficient (Wildman–Crippen LogP) is 6.34. The summed E-state index contributed by atoms with van der Waals surface area (Å²) in [6.45, 7) is 6.14. The monoisotopic (exact) mass is 655 g/mol. The number of hydrogen-bond acceptors (Lipinski definition) is 4. The Morgan fingerprint density at radius 1 is 1.09 bits per heavy atom. The number of aliphatic hydroxyl groups excluding tert-OH is 1. The molecule has 0 radical (unpaired) electrons. The second kappa shape index (κ2) is 15.3. The molecular weight excluding hydrogens is 617 g/mol. The number of nitrogens with two attached hydrogens (primary N) is 1. The first kappa shape index (κ1) is 36.2. The second-order valence-corrected chi connectivity index (χ2v) is 11.9. The van der Waals surface area contributed by atoms with Gasteiger partial charge in [0, 0.05) is 48.8 Å². The molecule has 3 atom stereocenters. The van der Waals surface area contributed by atoms with E-state index in [0.29, 0.717) is 43.1 Å². The standard InChI is InChI=1S/C33H39ClF5N3O3/c1-4-8-42(9-5-2)30(44)22-10-20(3)16-32(17-22,31(40)45)27(13-21-11-25(35)15-26(36)12-21)29(43)19-41-18-23-14-24(33(37,38)39)6-7-28(23)34/h6-7,10-12,14-16,27,29,41,43H,4-5,8-9,13,17-19H2,1-3H3,(H2,40,45)/t27-,29+,32?/m1/s1. The van der Waals surface area contributed by atoms with Crippen molar-refractivity contribution in [3.8, 4) is 0 Å². The molecular formula is C33H39ClF5N3O3. The highest BCUT2D eigenvalue weighted by Gasteiger charge is 2.48. The number of hydrogen-bond donors (Lipinski definition) is 3. The summed E-state index contributed by atoms with van der Waals surface area (Å²) in [4.78, 5) is 28.7. The first-order chi connectivity index (χ1) is 21.1. The van der Waals surface area contributed by atoms with Gasteiger partial charge in [0.1, 0.15) is 11.6 Å². The molecule has 6 nitrogen and oxygen atoms in total. The van der Waals surface area contributed by atoms with Crippen LogP contribution in [0.25, 0.3) is 0 Å². The van der Waals surface area contributed by atoms with Crippen LogP contribution in [0.3, 0.4) is 0 Å². The molecule has 12 heteroatoms. The third kappa shape index (κ3) is 9.14. The lowest BCUT2D eigenvalue weighted by Crippen LogP contribution is -2.51. The van der Waals surface area contributed by atoms with Crippen molar-refractivity contribution in [2.24, 2.45) is 17.1 Å². The Kier molecular flexibility index (Phi) is 12.3. The van der Waals surface area contributed by atoms with E-state index in [1.807, 2.05) is 13.8 Å². The lowest BCUT2D eigenvalue weighted by Gasteiger charge is -2.42. The quantitative estimate of drug-likeness (QED) is 0.207. The Bertz CT molecular complexity index is 1420. The summed E-state index contributed by atoms with van der Waals surface area (Å²) < 4.78 is 68.2. The van der Waals surface area contributed by atoms with E-state index in [-0.39, 0.29) is 48.0 Å². The molecule has 2 aromatic carbocycles. The summed E-state index contributed by atoms with van der Waals surface area (Å²) in [7, 11) is 0. The summed E-state index contributed by atoms with van der Waals surface area (Å²) in [5.74, 6) is -3.94. The molecule has 3 rings (SSSR count). The van der Waals surface area contributed by atoms with Gasteiger partial charge in [-0.15, -0.1) is 0 Å². The largest absolute Gasteiger partial charge is 0.416 e. The number of allylic oxidation sites excluding steroid dienone is 2. The van der Waals surface area contributed by atoms with Gasteiger partial charge in [-0.05, 0) is 74.1 Å². The highest BCUT2D eigenvalue weighted by atomic mass is 35.5. The zero-order valence-electron chi connectivity index (χ0n) is 25.5. The number of aliphatic hydroxyl groups is 1. The smallest absolute Gasteiger partial charge is 0.391 e. The maximum Gasteiger partial charge on any atom is 0.416 e. The van der Waals surface area contributed by atoms with Gasteiger partial charge in [0.15, 0.2) is 0 Å². The lowest BCUT2D eigenvalue weighted by molar-refractivity contribution is -0.137. The SMILES string of the molecule is CCCN(CCC)C(=O)C1=CC(C)=CC(C(N)=O)([C@H](Cc2cc(F)cc(F)c2)[C@@H](O)CNCc2cc(C(F)(F)F)ccc2Cl)C1. The summed E-state index contributed by atoms with van der Waals surface area (Å²) in [6.07, 6.45) is -1.70. The normalized spacial score (nSPS) is 18.2. The minimum absolute atomic E-state index is 0.0771. The van der Waals surface area contributed by atoms with E-state index in [0.717, 1.165) is 30.3 Å². The first-order valence-electron chi connectivity index (χ1n) is 14.8. The number of benzene rings is 2. The average molecular weight is 656 g/mol. The molecule has 2 amide bonds. The molecule has 0 aromatic heterocycles. The zero-order valence-corrected chi connectivity index (χ0v) is 26.2. The van der Waals surface area contributed by atoms with Crippen molar-refractivity contribution in [2.45, 2.75) is 65.3 Å². The Balaban J connectivity index is 1.99. The van der Waals surface area contributed by atoms with Gasteiger partial charge < -0.3 is 21.1 Å². The van der Waals surface area contributed by atoms with Crippen molar-refractivity contribution < 1.29 is 36.6 Å². The molecule has 246 valence electrons. The van der Waals surface area contributed by atoms with Crippen LogP contribution in [0.5, 0.6) is 0 Å². The van der Waals surface area contributed by atoms with Crippen molar-refractivity contribution in [3.05, 3.63) is 93.0 Å². The molecule has 0 saturated carbocycles. The second-order valence-electron chi connectivity index (χ2n) is 11.5. The van der Waals surface area contributed by atoms with Crippen LogP contribution in [0.4, 0.5) is 22.0 Å². The highest BCUT2D eigenvalue weighted by molar-refractivity contribution is 6.31. The van der Waals surface area contributed by atoms with E-state index < -0.39 is 46.7 Å². The Morgan fingerprint density at radius 3 is 2.27 bits per heavy atom. The van der Waals surface area contributed by atoms with E-state index in [2.05, 4.69) is 5.32 Å². The molecule has 0 fully saturated rings. The highest BCUT2D eigenvalue weighted by Crippen LogP contribution is 2.44. The van der Waals surface area contributed by atoms with E-state index in [4.69, 9.17) is 17.3 Å². The molecule has 45 heavy (non-hydrogen) atoms. The van der Waals surface area contributed by atoms with Gasteiger partial charge in [-0.25, -0.2) is 8.78 Å². The Hall–Kier alpha value is -3.28. The van der Waals surface area contributed by atoms with Gasteiger partial charge in [-0.1, -0.05) is 43.2 Å². The molecule has 4 N–H and O–H groups in total. The molecule has 0 saturated heterocycles. The van der Waals surface area contributed by atoms with E-state index in [1.54, 1.807) is 24.0 Å². The molecule has 0 aliphatic heterocycles. The lowest BCUT2D eigenvalue weighted by atomic mass is 9.63. The maximum absolute atomic E-state index is 14.2. The van der Waals surface area contributed by atoms with Gasteiger partial charge in [0.25, 0.3) is 0 Å². The van der Waals surface area contributed by atoms with E-state index in [9.17, 15) is 36.6 Å². The van der Waals surface area contributed by atoms with Crippen LogP contribution < -0.4 is 11.1 Å². The van der Waals surface area contributed by atoms with Gasteiger partial charge in [0.2, 0.25) is 11.8 Å².